The number of nitrogens with two attached hydrogens (primary N) is 1. The first-order valence-corrected chi connectivity index (χ1v) is 6.36. The van der Waals surface area contributed by atoms with Crippen LogP contribution in [0.25, 0.3) is 0 Å². The van der Waals surface area contributed by atoms with Gasteiger partial charge in [-0.05, 0) is 35.3 Å². The molecule has 0 aromatic carbocycles. The predicted molar refractivity (Wildman–Crippen MR) is 70.9 cm³/mol. The Kier molecular flexibility index (Phi) is 3.56. The molecule has 98 valence electrons. The normalized spacial score (nSPS) is 23.2. The standard InChI is InChI=1S/C11H15BrN4O2/c1-11(18)2-3-16(6-11)10(17)8-4-7(12)5-14-9(8)15-13/h4-5,18H,2-3,6,13H2,1H3,(H,14,15). The van der Waals surface area contributed by atoms with Gasteiger partial charge in [0.25, 0.3) is 5.91 Å². The second-order valence-corrected chi connectivity index (χ2v) is 5.58. The Balaban J connectivity index is 2.26. The number of hydrogen-bond acceptors (Lipinski definition) is 5. The smallest absolute Gasteiger partial charge is 0.257 e. The van der Waals surface area contributed by atoms with Gasteiger partial charge in [0.1, 0.15) is 0 Å². The molecule has 18 heavy (non-hydrogen) atoms. The monoisotopic (exact) mass is 314 g/mol. The second-order valence-electron chi connectivity index (χ2n) is 4.67. The van der Waals surface area contributed by atoms with Crippen LogP contribution in [0.5, 0.6) is 0 Å². The first-order chi connectivity index (χ1) is 8.43. The van der Waals surface area contributed by atoms with E-state index < -0.39 is 5.60 Å². The van der Waals surface area contributed by atoms with Crippen molar-refractivity contribution in [2.45, 2.75) is 18.9 Å². The van der Waals surface area contributed by atoms with Gasteiger partial charge >= 0.3 is 0 Å². The minimum atomic E-state index is -0.814. The van der Waals surface area contributed by atoms with E-state index in [1.807, 2.05) is 0 Å². The van der Waals surface area contributed by atoms with Crippen molar-refractivity contribution < 1.29 is 9.90 Å². The zero-order chi connectivity index (χ0) is 13.3. The van der Waals surface area contributed by atoms with E-state index in [9.17, 15) is 9.90 Å². The first kappa shape index (κ1) is 13.3. The average molecular weight is 315 g/mol. The number of hydrogen-bond donors (Lipinski definition) is 3. The molecule has 1 aliphatic rings. The summed E-state index contributed by atoms with van der Waals surface area (Å²) in [5.74, 6) is 5.49. The maximum Gasteiger partial charge on any atom is 0.257 e. The quantitative estimate of drug-likeness (QED) is 0.553. The lowest BCUT2D eigenvalue weighted by Crippen LogP contribution is -2.34. The number of nitrogens with zero attached hydrogens (tertiary/aromatic N) is 2. The number of amides is 1. The lowest BCUT2D eigenvalue weighted by molar-refractivity contribution is 0.0572. The third-order valence-electron chi connectivity index (χ3n) is 2.96. The molecule has 0 aliphatic carbocycles. The number of halogens is 1. The Morgan fingerprint density at radius 1 is 1.72 bits per heavy atom. The highest BCUT2D eigenvalue weighted by Gasteiger charge is 2.35. The molecule has 1 atom stereocenters. The topological polar surface area (TPSA) is 91.5 Å². The summed E-state index contributed by atoms with van der Waals surface area (Å²) in [5, 5.41) is 9.88. The highest BCUT2D eigenvalue weighted by molar-refractivity contribution is 9.10. The maximum absolute atomic E-state index is 12.3. The van der Waals surface area contributed by atoms with Gasteiger partial charge in [-0.15, -0.1) is 0 Å². The summed E-state index contributed by atoms with van der Waals surface area (Å²) in [7, 11) is 0. The minimum absolute atomic E-state index is 0.186. The Bertz CT molecular complexity index is 478. The van der Waals surface area contributed by atoms with Crippen molar-refractivity contribution in [2.24, 2.45) is 5.84 Å². The zero-order valence-electron chi connectivity index (χ0n) is 9.98. The lowest BCUT2D eigenvalue weighted by Gasteiger charge is -2.20. The Morgan fingerprint density at radius 3 is 3.00 bits per heavy atom. The summed E-state index contributed by atoms with van der Waals surface area (Å²) in [6.07, 6.45) is 2.14. The average Bonchev–Trinajstić information content (AvgIpc) is 2.68. The molecule has 0 radical (unpaired) electrons. The van der Waals surface area contributed by atoms with Crippen LogP contribution in [0.2, 0.25) is 0 Å². The van der Waals surface area contributed by atoms with Crippen LogP contribution in [-0.2, 0) is 0 Å². The van der Waals surface area contributed by atoms with Gasteiger partial charge in [0.2, 0.25) is 0 Å². The predicted octanol–water partition coefficient (Wildman–Crippen LogP) is 0.727. The molecule has 1 saturated heterocycles. The number of carbonyl (C=O) groups is 1. The van der Waals surface area contributed by atoms with E-state index in [0.717, 1.165) is 0 Å². The Labute approximate surface area is 113 Å². The van der Waals surface area contributed by atoms with Gasteiger partial charge in [-0.2, -0.15) is 0 Å². The summed E-state index contributed by atoms with van der Waals surface area (Å²) < 4.78 is 0.704. The van der Waals surface area contributed by atoms with Crippen LogP contribution < -0.4 is 11.3 Å². The van der Waals surface area contributed by atoms with Crippen molar-refractivity contribution in [2.75, 3.05) is 18.5 Å². The molecule has 1 unspecified atom stereocenters. The van der Waals surface area contributed by atoms with Gasteiger partial charge in [0.15, 0.2) is 5.82 Å². The molecule has 1 amide bonds. The summed E-state index contributed by atoms with van der Waals surface area (Å²) in [6.45, 7) is 2.58. The molecular weight excluding hydrogens is 300 g/mol. The molecule has 0 bridgehead atoms. The summed E-state index contributed by atoms with van der Waals surface area (Å²) in [6, 6.07) is 1.66. The molecule has 7 heteroatoms. The molecule has 2 heterocycles. The van der Waals surface area contributed by atoms with E-state index in [1.165, 1.54) is 0 Å². The number of hydrazine groups is 1. The van der Waals surface area contributed by atoms with Gasteiger partial charge in [-0.3, -0.25) is 4.79 Å². The highest BCUT2D eigenvalue weighted by Crippen LogP contribution is 2.25. The van der Waals surface area contributed by atoms with Crippen LogP contribution in [0.1, 0.15) is 23.7 Å². The van der Waals surface area contributed by atoms with Crippen LogP contribution in [0.3, 0.4) is 0 Å². The van der Waals surface area contributed by atoms with Crippen LogP contribution in [-0.4, -0.2) is 39.6 Å². The number of nitrogen functional groups attached to an aromatic ring is 1. The number of likely N-dealkylation sites (tertiary alicyclic amines) is 1. The zero-order valence-corrected chi connectivity index (χ0v) is 11.6. The van der Waals surface area contributed by atoms with Crippen molar-refractivity contribution in [1.82, 2.24) is 9.88 Å². The van der Waals surface area contributed by atoms with E-state index >= 15 is 0 Å². The highest BCUT2D eigenvalue weighted by atomic mass is 79.9. The third kappa shape index (κ3) is 2.63. The Morgan fingerprint density at radius 2 is 2.44 bits per heavy atom. The van der Waals surface area contributed by atoms with Crippen molar-refractivity contribution in [3.63, 3.8) is 0 Å². The summed E-state index contributed by atoms with van der Waals surface area (Å²) >= 11 is 3.27. The molecule has 0 spiro atoms. The fraction of sp³-hybridized carbons (Fsp3) is 0.455. The van der Waals surface area contributed by atoms with Crippen LogP contribution in [0.15, 0.2) is 16.7 Å². The van der Waals surface area contributed by atoms with Crippen molar-refractivity contribution in [3.8, 4) is 0 Å². The molecule has 1 aliphatic heterocycles. The molecule has 4 N–H and O–H groups in total. The Hall–Kier alpha value is -1.18. The molecule has 1 aromatic rings. The number of nitrogens with one attached hydrogen (secondary N) is 1. The molecule has 6 nitrogen and oxygen atoms in total. The lowest BCUT2D eigenvalue weighted by atomic mass is 10.1. The number of anilines is 1. The maximum atomic E-state index is 12.3. The van der Waals surface area contributed by atoms with Crippen molar-refractivity contribution in [1.29, 1.82) is 0 Å². The van der Waals surface area contributed by atoms with E-state index in [2.05, 4.69) is 26.3 Å². The fourth-order valence-corrected chi connectivity index (χ4v) is 2.34. The molecule has 0 saturated carbocycles. The largest absolute Gasteiger partial charge is 0.388 e. The third-order valence-corrected chi connectivity index (χ3v) is 3.39. The molecule has 2 rings (SSSR count). The second kappa shape index (κ2) is 4.83. The minimum Gasteiger partial charge on any atom is -0.388 e. The van der Waals surface area contributed by atoms with Gasteiger partial charge in [-0.1, -0.05) is 0 Å². The van der Waals surface area contributed by atoms with Gasteiger partial charge in [0.05, 0.1) is 11.2 Å². The molecule has 1 aromatic heterocycles. The van der Waals surface area contributed by atoms with Crippen LogP contribution in [0.4, 0.5) is 5.82 Å². The van der Waals surface area contributed by atoms with Crippen LogP contribution >= 0.6 is 15.9 Å². The summed E-state index contributed by atoms with van der Waals surface area (Å²) in [4.78, 5) is 18.0. The number of pyridine rings is 1. The van der Waals surface area contributed by atoms with E-state index in [1.54, 1.807) is 24.1 Å². The molecule has 1 fully saturated rings. The fourth-order valence-electron chi connectivity index (χ4n) is 2.01. The summed E-state index contributed by atoms with van der Waals surface area (Å²) in [5.41, 5.74) is 1.98. The van der Waals surface area contributed by atoms with Crippen LogP contribution in [0, 0.1) is 0 Å². The number of β-amino-alcohol motifs (C(OH)–C–C–N with tert-alkyl or cyclic N) is 1. The van der Waals surface area contributed by atoms with Gasteiger partial charge in [-0.25, -0.2) is 10.8 Å². The van der Waals surface area contributed by atoms with Gasteiger partial charge in [0, 0.05) is 23.8 Å². The first-order valence-electron chi connectivity index (χ1n) is 5.57. The van der Waals surface area contributed by atoms with Crippen molar-refractivity contribution >= 4 is 27.7 Å². The van der Waals surface area contributed by atoms with E-state index in [0.29, 0.717) is 35.4 Å². The van der Waals surface area contributed by atoms with E-state index in [4.69, 9.17) is 5.84 Å². The number of aliphatic hydroxyl groups is 1. The molecular formula is C11H15BrN4O2. The number of rotatable bonds is 2. The number of carbonyl (C=O) groups excluding carboxylic acids is 1. The van der Waals surface area contributed by atoms with Crippen molar-refractivity contribution in [3.05, 3.63) is 22.3 Å². The SMILES string of the molecule is CC1(O)CCN(C(=O)c2cc(Br)cnc2NN)C1. The van der Waals surface area contributed by atoms with Gasteiger partial charge < -0.3 is 15.4 Å². The van der Waals surface area contributed by atoms with E-state index in [-0.39, 0.29) is 5.91 Å². The number of aromatic nitrogens is 1.